The molecule has 0 saturated heterocycles. The molecule has 0 fully saturated rings. The van der Waals surface area contributed by atoms with Crippen molar-refractivity contribution in [2.45, 2.75) is 12.8 Å². The van der Waals surface area contributed by atoms with E-state index in [2.05, 4.69) is 14.2 Å². The number of methoxy groups -OCH3 is 1. The van der Waals surface area contributed by atoms with Crippen molar-refractivity contribution >= 4 is 5.97 Å². The van der Waals surface area contributed by atoms with E-state index in [1.807, 2.05) is 6.07 Å². The van der Waals surface area contributed by atoms with E-state index in [0.29, 0.717) is 5.56 Å². The molecule has 0 aliphatic carbocycles. The van der Waals surface area contributed by atoms with Gasteiger partial charge in [-0.3, -0.25) is 4.79 Å². The second-order valence-electron chi connectivity index (χ2n) is 4.75. The van der Waals surface area contributed by atoms with Crippen molar-refractivity contribution in [1.29, 1.82) is 5.26 Å². The Morgan fingerprint density at radius 2 is 2.13 bits per heavy atom. The van der Waals surface area contributed by atoms with E-state index in [-0.39, 0.29) is 29.2 Å². The third-order valence-corrected chi connectivity index (χ3v) is 3.26. The van der Waals surface area contributed by atoms with Crippen LogP contribution in [0.2, 0.25) is 0 Å². The van der Waals surface area contributed by atoms with Gasteiger partial charge in [-0.15, -0.1) is 8.78 Å². The summed E-state index contributed by atoms with van der Waals surface area (Å²) >= 11 is 0. The number of fused-ring (bicyclic) bond motifs is 1. The van der Waals surface area contributed by atoms with E-state index >= 15 is 0 Å². The van der Waals surface area contributed by atoms with Crippen molar-refractivity contribution in [3.8, 4) is 28.7 Å². The molecule has 0 N–H and O–H groups in total. The fourth-order valence-electron chi connectivity index (χ4n) is 2.30. The zero-order valence-corrected chi connectivity index (χ0v) is 11.9. The minimum absolute atomic E-state index is 0.103. The van der Waals surface area contributed by atoms with Crippen LogP contribution < -0.4 is 9.47 Å². The Morgan fingerprint density at radius 1 is 1.35 bits per heavy atom. The SMILES string of the molecule is COC(=O)Cn1cc(C#N)c(-c2cccc3c2OC(F)(F)O3)c1. The van der Waals surface area contributed by atoms with E-state index in [9.17, 15) is 18.8 Å². The topological polar surface area (TPSA) is 73.5 Å². The average molecular weight is 320 g/mol. The number of nitrogens with zero attached hydrogens (tertiary/aromatic N) is 2. The van der Waals surface area contributed by atoms with Crippen molar-refractivity contribution in [1.82, 2.24) is 4.57 Å². The third-order valence-electron chi connectivity index (χ3n) is 3.26. The van der Waals surface area contributed by atoms with Crippen LogP contribution in [0.15, 0.2) is 30.6 Å². The minimum Gasteiger partial charge on any atom is -0.468 e. The molecule has 0 unspecified atom stereocenters. The maximum Gasteiger partial charge on any atom is 0.586 e. The first-order valence-corrected chi connectivity index (χ1v) is 6.49. The van der Waals surface area contributed by atoms with Crippen LogP contribution in [0.5, 0.6) is 11.5 Å². The molecule has 0 saturated carbocycles. The summed E-state index contributed by atoms with van der Waals surface area (Å²) in [5, 5.41) is 9.24. The molecule has 1 aromatic heterocycles. The van der Waals surface area contributed by atoms with Gasteiger partial charge in [-0.1, -0.05) is 12.1 Å². The highest BCUT2D eigenvalue weighted by Crippen LogP contribution is 2.47. The summed E-state index contributed by atoms with van der Waals surface area (Å²) in [6.07, 6.45) is -0.829. The molecule has 1 aliphatic rings. The highest BCUT2D eigenvalue weighted by Gasteiger charge is 2.44. The average Bonchev–Trinajstić information content (AvgIpc) is 3.05. The number of carbonyl (C=O) groups is 1. The van der Waals surface area contributed by atoms with E-state index in [1.54, 1.807) is 0 Å². The van der Waals surface area contributed by atoms with Gasteiger partial charge in [0.25, 0.3) is 0 Å². The number of rotatable bonds is 3. The fraction of sp³-hybridized carbons (Fsp3) is 0.200. The normalized spacial score (nSPS) is 14.3. The molecule has 3 rings (SSSR count). The number of alkyl halides is 2. The van der Waals surface area contributed by atoms with Gasteiger partial charge < -0.3 is 18.8 Å². The summed E-state index contributed by atoms with van der Waals surface area (Å²) in [5.74, 6) is -0.762. The Morgan fingerprint density at radius 3 is 2.83 bits per heavy atom. The van der Waals surface area contributed by atoms with Gasteiger partial charge >= 0.3 is 12.3 Å². The predicted molar refractivity (Wildman–Crippen MR) is 72.8 cm³/mol. The molecule has 6 nitrogen and oxygen atoms in total. The van der Waals surface area contributed by atoms with Crippen LogP contribution in [0.3, 0.4) is 0 Å². The van der Waals surface area contributed by atoms with Crippen LogP contribution in [0, 0.1) is 11.3 Å². The van der Waals surface area contributed by atoms with Gasteiger partial charge in [0.1, 0.15) is 12.6 Å². The molecule has 0 spiro atoms. The molecule has 2 heterocycles. The molecule has 0 amide bonds. The number of aromatic nitrogens is 1. The first kappa shape index (κ1) is 14.8. The summed E-state index contributed by atoms with van der Waals surface area (Å²) in [6, 6.07) is 6.35. The van der Waals surface area contributed by atoms with Gasteiger partial charge in [-0.25, -0.2) is 0 Å². The second kappa shape index (κ2) is 5.28. The molecule has 118 valence electrons. The Kier molecular flexibility index (Phi) is 3.41. The van der Waals surface area contributed by atoms with E-state index in [4.69, 9.17) is 0 Å². The second-order valence-corrected chi connectivity index (χ2v) is 4.75. The zero-order chi connectivity index (χ0) is 16.6. The summed E-state index contributed by atoms with van der Waals surface area (Å²) in [7, 11) is 1.25. The molecule has 1 aromatic carbocycles. The number of hydrogen-bond acceptors (Lipinski definition) is 5. The summed E-state index contributed by atoms with van der Waals surface area (Å²) < 4.78 is 41.4. The molecule has 23 heavy (non-hydrogen) atoms. The maximum absolute atomic E-state index is 13.3. The van der Waals surface area contributed by atoms with Crippen LogP contribution >= 0.6 is 0 Å². The Labute approximate surface area is 129 Å². The lowest BCUT2D eigenvalue weighted by Gasteiger charge is -2.06. The molecule has 8 heteroatoms. The first-order valence-electron chi connectivity index (χ1n) is 6.49. The van der Waals surface area contributed by atoms with Crippen LogP contribution in [0.1, 0.15) is 5.56 Å². The van der Waals surface area contributed by atoms with Gasteiger partial charge in [-0.2, -0.15) is 5.26 Å². The lowest BCUT2D eigenvalue weighted by molar-refractivity contribution is -0.286. The van der Waals surface area contributed by atoms with Crippen molar-refractivity contribution in [3.63, 3.8) is 0 Å². The number of para-hydroxylation sites is 1. The van der Waals surface area contributed by atoms with E-state index in [1.165, 1.54) is 42.3 Å². The quantitative estimate of drug-likeness (QED) is 0.813. The zero-order valence-electron chi connectivity index (χ0n) is 11.9. The Bertz CT molecular complexity index is 823. The van der Waals surface area contributed by atoms with Crippen molar-refractivity contribution < 1.29 is 27.8 Å². The number of esters is 1. The van der Waals surface area contributed by atoms with Gasteiger partial charge in [0.2, 0.25) is 0 Å². The lowest BCUT2D eigenvalue weighted by Crippen LogP contribution is -2.26. The molecular formula is C15H10F2N2O4. The summed E-state index contributed by atoms with van der Waals surface area (Å²) in [4.78, 5) is 11.3. The van der Waals surface area contributed by atoms with Crippen molar-refractivity contribution in [3.05, 3.63) is 36.2 Å². The fourth-order valence-corrected chi connectivity index (χ4v) is 2.30. The number of ether oxygens (including phenoxy) is 3. The number of carbonyl (C=O) groups excluding carboxylic acids is 1. The molecule has 0 radical (unpaired) electrons. The summed E-state index contributed by atoms with van der Waals surface area (Å²) in [6.45, 7) is -0.103. The van der Waals surface area contributed by atoms with Crippen molar-refractivity contribution in [2.24, 2.45) is 0 Å². The first-order chi connectivity index (χ1) is 10.9. The van der Waals surface area contributed by atoms with Crippen LogP contribution in [0.25, 0.3) is 11.1 Å². The lowest BCUT2D eigenvalue weighted by atomic mass is 10.0. The van der Waals surface area contributed by atoms with Crippen LogP contribution in [-0.4, -0.2) is 23.9 Å². The molecule has 2 aromatic rings. The number of halogens is 2. The standard InChI is InChI=1S/C15H10F2N2O4/c1-21-13(20)8-19-6-9(5-18)11(7-19)10-3-2-4-12-14(10)23-15(16,17)22-12/h2-4,6-7H,8H2,1H3. The number of hydrogen-bond donors (Lipinski definition) is 0. The van der Waals surface area contributed by atoms with Gasteiger partial charge in [0.15, 0.2) is 11.5 Å². The van der Waals surface area contributed by atoms with Crippen LogP contribution in [0.4, 0.5) is 8.78 Å². The molecule has 0 bridgehead atoms. The largest absolute Gasteiger partial charge is 0.586 e. The van der Waals surface area contributed by atoms with Gasteiger partial charge in [0.05, 0.1) is 12.7 Å². The van der Waals surface area contributed by atoms with Gasteiger partial charge in [0, 0.05) is 23.5 Å². The van der Waals surface area contributed by atoms with E-state index in [0.717, 1.165) is 0 Å². The Hall–Kier alpha value is -3.08. The monoisotopic (exact) mass is 320 g/mol. The maximum atomic E-state index is 13.3. The van der Waals surface area contributed by atoms with Gasteiger partial charge in [-0.05, 0) is 6.07 Å². The smallest absolute Gasteiger partial charge is 0.468 e. The van der Waals surface area contributed by atoms with E-state index < -0.39 is 12.3 Å². The third kappa shape index (κ3) is 2.68. The highest BCUT2D eigenvalue weighted by atomic mass is 19.3. The molecule has 1 aliphatic heterocycles. The molecule has 0 atom stereocenters. The summed E-state index contributed by atoms with van der Waals surface area (Å²) in [5.41, 5.74) is 0.843. The number of nitriles is 1. The predicted octanol–water partition coefficient (Wildman–Crippen LogP) is 2.52. The van der Waals surface area contributed by atoms with Crippen molar-refractivity contribution in [2.75, 3.05) is 7.11 Å². The minimum atomic E-state index is -3.75. The molecular weight excluding hydrogens is 310 g/mol. The van der Waals surface area contributed by atoms with Crippen LogP contribution in [-0.2, 0) is 16.1 Å². The highest BCUT2D eigenvalue weighted by molar-refractivity contribution is 5.79. The Balaban J connectivity index is 2.06. The number of benzene rings is 1.